The van der Waals surface area contributed by atoms with Crippen molar-refractivity contribution in [3.63, 3.8) is 0 Å². The molecular formula is C18H13F4N3O3S. The van der Waals surface area contributed by atoms with Crippen LogP contribution in [0, 0.1) is 5.82 Å². The number of nitrogens with zero attached hydrogens (tertiary/aromatic N) is 2. The number of sulfone groups is 1. The minimum atomic E-state index is -4.92. The monoisotopic (exact) mass is 427 g/mol. The Morgan fingerprint density at radius 3 is 2.14 bits per heavy atom. The molecule has 0 fully saturated rings. The smallest absolute Gasteiger partial charge is 0.322 e. The Hall–Kier alpha value is -3.21. The number of anilines is 1. The van der Waals surface area contributed by atoms with E-state index in [0.717, 1.165) is 36.7 Å². The van der Waals surface area contributed by atoms with Crippen molar-refractivity contribution >= 4 is 21.4 Å². The third-order valence-corrected chi connectivity index (χ3v) is 5.02. The Balaban J connectivity index is 1.96. The molecule has 1 aromatic heterocycles. The van der Waals surface area contributed by atoms with Crippen molar-refractivity contribution in [2.75, 3.05) is 11.6 Å². The van der Waals surface area contributed by atoms with Crippen LogP contribution >= 0.6 is 0 Å². The molecule has 29 heavy (non-hydrogen) atoms. The zero-order valence-electron chi connectivity index (χ0n) is 14.7. The average molecular weight is 427 g/mol. The van der Waals surface area contributed by atoms with Crippen LogP contribution in [0.3, 0.4) is 0 Å². The van der Waals surface area contributed by atoms with Gasteiger partial charge in [-0.2, -0.15) is 18.3 Å². The van der Waals surface area contributed by atoms with E-state index in [4.69, 9.17) is 0 Å². The number of aromatic nitrogens is 2. The summed E-state index contributed by atoms with van der Waals surface area (Å²) in [7, 11) is -3.46. The van der Waals surface area contributed by atoms with Crippen LogP contribution < -0.4 is 5.32 Å². The summed E-state index contributed by atoms with van der Waals surface area (Å²) in [4.78, 5) is 12.4. The van der Waals surface area contributed by atoms with Crippen molar-refractivity contribution in [3.05, 3.63) is 71.8 Å². The Morgan fingerprint density at radius 1 is 1.03 bits per heavy atom. The lowest BCUT2D eigenvalue weighted by atomic mass is 10.2. The average Bonchev–Trinajstić information content (AvgIpc) is 3.08. The van der Waals surface area contributed by atoms with Gasteiger partial charge in [0.1, 0.15) is 5.82 Å². The van der Waals surface area contributed by atoms with Crippen LogP contribution in [-0.2, 0) is 16.0 Å². The van der Waals surface area contributed by atoms with Gasteiger partial charge >= 0.3 is 6.18 Å². The number of halogens is 4. The first-order valence-electron chi connectivity index (χ1n) is 7.99. The molecule has 3 rings (SSSR count). The number of nitrogens with one attached hydrogen (secondary N) is 1. The summed E-state index contributed by atoms with van der Waals surface area (Å²) < 4.78 is 77.3. The number of carbonyl (C=O) groups excluding carboxylic acids is 1. The van der Waals surface area contributed by atoms with Crippen LogP contribution in [0.2, 0.25) is 0 Å². The Morgan fingerprint density at radius 2 is 1.62 bits per heavy atom. The number of amides is 1. The summed E-state index contributed by atoms with van der Waals surface area (Å²) in [5, 5.41) is 5.90. The van der Waals surface area contributed by atoms with Gasteiger partial charge < -0.3 is 5.32 Å². The third-order valence-electron chi connectivity index (χ3n) is 3.89. The zero-order valence-corrected chi connectivity index (χ0v) is 15.6. The minimum Gasteiger partial charge on any atom is -0.322 e. The highest BCUT2D eigenvalue weighted by molar-refractivity contribution is 7.90. The molecule has 11 heteroatoms. The third kappa shape index (κ3) is 4.45. The first-order valence-corrected chi connectivity index (χ1v) is 9.88. The standard InChI is InChI=1S/C18H13F4N3O3S/c1-29(27,28)14-8-4-12(5-9-14)24-17(26)15-10-23-25(16(15)18(20,21)22)13-6-2-11(19)3-7-13/h2-10H,1H3,(H,24,26). The number of hydrogen-bond donors (Lipinski definition) is 1. The minimum absolute atomic E-state index is 0.00407. The highest BCUT2D eigenvalue weighted by atomic mass is 32.2. The van der Waals surface area contributed by atoms with Crippen molar-refractivity contribution in [2.45, 2.75) is 11.1 Å². The quantitative estimate of drug-likeness (QED) is 0.644. The maximum absolute atomic E-state index is 13.6. The number of carbonyl (C=O) groups is 1. The molecule has 0 saturated carbocycles. The fraction of sp³-hybridized carbons (Fsp3) is 0.111. The molecule has 6 nitrogen and oxygen atoms in total. The maximum Gasteiger partial charge on any atom is 0.434 e. The molecule has 152 valence electrons. The predicted molar refractivity (Wildman–Crippen MR) is 96.0 cm³/mol. The molecular weight excluding hydrogens is 414 g/mol. The van der Waals surface area contributed by atoms with Gasteiger partial charge in [0.25, 0.3) is 5.91 Å². The van der Waals surface area contributed by atoms with Crippen LogP contribution in [0.15, 0.2) is 59.6 Å². The second-order valence-electron chi connectivity index (χ2n) is 6.04. The number of rotatable bonds is 4. The van der Waals surface area contributed by atoms with Crippen LogP contribution in [0.25, 0.3) is 5.69 Å². The summed E-state index contributed by atoms with van der Waals surface area (Å²) in [5.74, 6) is -1.72. The topological polar surface area (TPSA) is 81.1 Å². The van der Waals surface area contributed by atoms with Gasteiger partial charge in [-0.05, 0) is 48.5 Å². The highest BCUT2D eigenvalue weighted by Gasteiger charge is 2.40. The first-order chi connectivity index (χ1) is 13.5. The lowest BCUT2D eigenvalue weighted by molar-refractivity contribution is -0.143. The fourth-order valence-electron chi connectivity index (χ4n) is 2.55. The van der Waals surface area contributed by atoms with E-state index in [1.54, 1.807) is 0 Å². The van der Waals surface area contributed by atoms with Gasteiger partial charge in [-0.25, -0.2) is 17.5 Å². The van der Waals surface area contributed by atoms with Crippen molar-refractivity contribution in [2.24, 2.45) is 0 Å². The van der Waals surface area contributed by atoms with E-state index in [1.807, 2.05) is 0 Å². The molecule has 0 unspecified atom stereocenters. The SMILES string of the molecule is CS(=O)(=O)c1ccc(NC(=O)c2cnn(-c3ccc(F)cc3)c2C(F)(F)F)cc1. The normalized spacial score (nSPS) is 12.0. The van der Waals surface area contributed by atoms with Crippen molar-refractivity contribution in [1.82, 2.24) is 9.78 Å². The first kappa shape index (κ1) is 20.5. The molecule has 0 aliphatic carbocycles. The van der Waals surface area contributed by atoms with Crippen molar-refractivity contribution < 1.29 is 30.8 Å². The van der Waals surface area contributed by atoms with E-state index in [2.05, 4.69) is 10.4 Å². The second-order valence-corrected chi connectivity index (χ2v) is 8.06. The summed E-state index contributed by atoms with van der Waals surface area (Å²) in [6, 6.07) is 9.10. The van der Waals surface area contributed by atoms with Crippen LogP contribution in [0.1, 0.15) is 16.1 Å². The molecule has 0 aliphatic rings. The number of hydrogen-bond acceptors (Lipinski definition) is 4. The number of alkyl halides is 3. The number of benzene rings is 2. The van der Waals surface area contributed by atoms with Crippen LogP contribution in [-0.4, -0.2) is 30.4 Å². The summed E-state index contributed by atoms with van der Waals surface area (Å²) >= 11 is 0. The fourth-order valence-corrected chi connectivity index (χ4v) is 3.18. The van der Waals surface area contributed by atoms with Gasteiger partial charge in [0, 0.05) is 11.9 Å². The Kier molecular flexibility index (Phi) is 5.18. The molecule has 0 bridgehead atoms. The summed E-state index contributed by atoms with van der Waals surface area (Å²) in [6.45, 7) is 0. The molecule has 0 atom stereocenters. The summed E-state index contributed by atoms with van der Waals surface area (Å²) in [5.41, 5.74) is -2.04. The van der Waals surface area contributed by atoms with Crippen LogP contribution in [0.4, 0.5) is 23.2 Å². The van der Waals surface area contributed by atoms with Gasteiger partial charge in [0.2, 0.25) is 0 Å². The molecule has 1 heterocycles. The molecule has 3 aromatic rings. The molecule has 0 spiro atoms. The van der Waals surface area contributed by atoms with Gasteiger partial charge in [-0.3, -0.25) is 4.79 Å². The van der Waals surface area contributed by atoms with E-state index in [-0.39, 0.29) is 16.3 Å². The molecule has 0 aliphatic heterocycles. The molecule has 2 aromatic carbocycles. The van der Waals surface area contributed by atoms with Gasteiger partial charge in [-0.15, -0.1) is 0 Å². The van der Waals surface area contributed by atoms with Crippen LogP contribution in [0.5, 0.6) is 0 Å². The zero-order chi connectivity index (χ0) is 21.4. The van der Waals surface area contributed by atoms with Crippen molar-refractivity contribution in [3.8, 4) is 5.69 Å². The lowest BCUT2D eigenvalue weighted by Crippen LogP contribution is -2.20. The molecule has 1 amide bonds. The van der Waals surface area contributed by atoms with Gasteiger partial charge in [-0.1, -0.05) is 0 Å². The Labute approximate surface area is 162 Å². The predicted octanol–water partition coefficient (Wildman–Crippen LogP) is 3.69. The summed E-state index contributed by atoms with van der Waals surface area (Å²) in [6.07, 6.45) is -3.16. The molecule has 0 radical (unpaired) electrons. The van der Waals surface area contributed by atoms with Gasteiger partial charge in [0.15, 0.2) is 15.5 Å². The lowest BCUT2D eigenvalue weighted by Gasteiger charge is -2.13. The molecule has 1 N–H and O–H groups in total. The van der Waals surface area contributed by atoms with E-state index in [9.17, 15) is 30.8 Å². The second kappa shape index (κ2) is 7.32. The van der Waals surface area contributed by atoms with E-state index >= 15 is 0 Å². The highest BCUT2D eigenvalue weighted by Crippen LogP contribution is 2.34. The van der Waals surface area contributed by atoms with E-state index in [0.29, 0.717) is 4.68 Å². The van der Waals surface area contributed by atoms with E-state index in [1.165, 1.54) is 24.3 Å². The largest absolute Gasteiger partial charge is 0.434 e. The van der Waals surface area contributed by atoms with Crippen molar-refractivity contribution in [1.29, 1.82) is 0 Å². The maximum atomic E-state index is 13.6. The van der Waals surface area contributed by atoms with Gasteiger partial charge in [0.05, 0.1) is 22.3 Å². The molecule has 0 saturated heterocycles. The Bertz CT molecular complexity index is 1150. The van der Waals surface area contributed by atoms with E-state index < -0.39 is 39.0 Å².